The van der Waals surface area contributed by atoms with Gasteiger partial charge in [-0.2, -0.15) is 0 Å². The molecule has 4 atom stereocenters. The third-order valence-electron chi connectivity index (χ3n) is 5.40. The van der Waals surface area contributed by atoms with Crippen LogP contribution in [0.2, 0.25) is 0 Å². The Bertz CT molecular complexity index is 267. The van der Waals surface area contributed by atoms with Gasteiger partial charge in [-0.1, -0.05) is 27.7 Å². The molecule has 2 bridgehead atoms. The first-order valence-electron chi connectivity index (χ1n) is 6.35. The van der Waals surface area contributed by atoms with Crippen LogP contribution in [0.25, 0.3) is 0 Å². The zero-order chi connectivity index (χ0) is 11.3. The van der Waals surface area contributed by atoms with Crippen LogP contribution in [0.5, 0.6) is 0 Å². The van der Waals surface area contributed by atoms with Crippen LogP contribution < -0.4 is 0 Å². The summed E-state index contributed by atoms with van der Waals surface area (Å²) in [6, 6.07) is 0. The predicted molar refractivity (Wildman–Crippen MR) is 62.6 cm³/mol. The Labute approximate surface area is 93.6 Å². The lowest BCUT2D eigenvalue weighted by Crippen LogP contribution is -2.57. The molecule has 0 aromatic carbocycles. The van der Waals surface area contributed by atoms with Gasteiger partial charge in [-0.05, 0) is 48.3 Å². The Balaban J connectivity index is 2.11. The molecule has 0 aromatic rings. The van der Waals surface area contributed by atoms with Crippen LogP contribution in [-0.4, -0.2) is 6.29 Å². The van der Waals surface area contributed by atoms with E-state index in [9.17, 15) is 4.79 Å². The highest BCUT2D eigenvalue weighted by molar-refractivity contribution is 5.52. The van der Waals surface area contributed by atoms with Gasteiger partial charge in [0.1, 0.15) is 6.29 Å². The zero-order valence-electron chi connectivity index (χ0n) is 10.5. The smallest absolute Gasteiger partial charge is 0.122 e. The molecule has 86 valence electrons. The fourth-order valence-corrected chi connectivity index (χ4v) is 4.39. The molecule has 3 saturated carbocycles. The first-order valence-corrected chi connectivity index (χ1v) is 6.35. The van der Waals surface area contributed by atoms with E-state index >= 15 is 0 Å². The Morgan fingerprint density at radius 2 is 2.07 bits per heavy atom. The fourth-order valence-electron chi connectivity index (χ4n) is 4.39. The van der Waals surface area contributed by atoms with Crippen molar-refractivity contribution in [3.05, 3.63) is 0 Å². The monoisotopic (exact) mass is 208 g/mol. The van der Waals surface area contributed by atoms with E-state index in [-0.39, 0.29) is 5.92 Å². The van der Waals surface area contributed by atoms with E-state index in [2.05, 4.69) is 27.7 Å². The van der Waals surface area contributed by atoms with Gasteiger partial charge < -0.3 is 4.79 Å². The molecule has 0 amide bonds. The number of carbonyl (C=O) groups excluding carboxylic acids is 1. The highest BCUT2D eigenvalue weighted by Gasteiger charge is 2.58. The Morgan fingerprint density at radius 3 is 2.53 bits per heavy atom. The first kappa shape index (κ1) is 11.2. The van der Waals surface area contributed by atoms with E-state index in [4.69, 9.17) is 0 Å². The molecule has 0 N–H and O–H groups in total. The molecule has 3 rings (SSSR count). The summed E-state index contributed by atoms with van der Waals surface area (Å²) in [4.78, 5) is 10.8. The maximum atomic E-state index is 10.8. The number of aldehydes is 1. The molecule has 0 heterocycles. The minimum atomic E-state index is 0.239. The lowest BCUT2D eigenvalue weighted by atomic mass is 9.40. The summed E-state index contributed by atoms with van der Waals surface area (Å²) >= 11 is 0. The van der Waals surface area contributed by atoms with Crippen molar-refractivity contribution in [1.29, 1.82) is 0 Å². The van der Waals surface area contributed by atoms with Crippen molar-refractivity contribution < 1.29 is 4.79 Å². The normalized spacial score (nSPS) is 44.3. The molecule has 0 radical (unpaired) electrons. The van der Waals surface area contributed by atoms with Crippen LogP contribution >= 0.6 is 0 Å². The second-order valence-electron chi connectivity index (χ2n) is 6.82. The van der Waals surface area contributed by atoms with Crippen molar-refractivity contribution in [2.75, 3.05) is 0 Å². The summed E-state index contributed by atoms with van der Waals surface area (Å²) in [5.74, 6) is 2.05. The topological polar surface area (TPSA) is 17.1 Å². The van der Waals surface area contributed by atoms with Crippen molar-refractivity contribution in [3.63, 3.8) is 0 Å². The third-order valence-corrected chi connectivity index (χ3v) is 5.40. The maximum Gasteiger partial charge on any atom is 0.122 e. The number of hydrogen-bond acceptors (Lipinski definition) is 1. The molecule has 0 aromatic heterocycles. The molecule has 0 spiro atoms. The highest BCUT2D eigenvalue weighted by atomic mass is 16.1. The molecule has 3 fully saturated rings. The van der Waals surface area contributed by atoms with Gasteiger partial charge in [0.15, 0.2) is 0 Å². The van der Waals surface area contributed by atoms with Gasteiger partial charge in [0.2, 0.25) is 0 Å². The van der Waals surface area contributed by atoms with E-state index in [1.807, 2.05) is 0 Å². The van der Waals surface area contributed by atoms with Gasteiger partial charge >= 0.3 is 0 Å². The predicted octanol–water partition coefficient (Wildman–Crippen LogP) is 3.67. The zero-order valence-corrected chi connectivity index (χ0v) is 10.5. The van der Waals surface area contributed by atoms with Crippen molar-refractivity contribution in [2.45, 2.75) is 53.4 Å². The summed E-state index contributed by atoms with van der Waals surface area (Å²) in [6.07, 6.45) is 6.35. The molecular formula is C14H24O. The third kappa shape index (κ3) is 1.55. The Kier molecular flexibility index (Phi) is 2.48. The summed E-state index contributed by atoms with van der Waals surface area (Å²) < 4.78 is 0. The summed E-state index contributed by atoms with van der Waals surface area (Å²) in [7, 11) is 0. The molecule has 4 unspecified atom stereocenters. The van der Waals surface area contributed by atoms with Gasteiger partial charge in [-0.15, -0.1) is 0 Å². The van der Waals surface area contributed by atoms with E-state index in [0.717, 1.165) is 24.5 Å². The molecule has 1 nitrogen and oxygen atoms in total. The van der Waals surface area contributed by atoms with Crippen molar-refractivity contribution in [1.82, 2.24) is 0 Å². The minimum absolute atomic E-state index is 0.239. The Hall–Kier alpha value is -0.330. The molecule has 3 aliphatic rings. The number of carbonyl (C=O) groups is 1. The molecule has 0 saturated heterocycles. The molecule has 0 aliphatic heterocycles. The summed E-state index contributed by atoms with van der Waals surface area (Å²) in [5.41, 5.74) is 0.966. The first-order chi connectivity index (χ1) is 6.90. The van der Waals surface area contributed by atoms with Crippen LogP contribution in [0.15, 0.2) is 0 Å². The quantitative estimate of drug-likeness (QED) is 0.647. The van der Waals surface area contributed by atoms with Gasteiger partial charge in [0, 0.05) is 5.92 Å². The standard InChI is InChI=1S/C14H24O/c1-10(9-15)8-14(4)6-5-11-7-12(14)13(11,2)3/h9-12H,5-8H2,1-4H3. The molecule has 3 aliphatic carbocycles. The van der Waals surface area contributed by atoms with Gasteiger partial charge in [-0.25, -0.2) is 0 Å². The number of rotatable bonds is 3. The second kappa shape index (κ2) is 3.33. The van der Waals surface area contributed by atoms with Crippen molar-refractivity contribution in [2.24, 2.45) is 28.6 Å². The second-order valence-corrected chi connectivity index (χ2v) is 6.82. The van der Waals surface area contributed by atoms with Gasteiger partial charge in [0.25, 0.3) is 0 Å². The largest absolute Gasteiger partial charge is 0.303 e. The summed E-state index contributed by atoms with van der Waals surface area (Å²) in [5, 5.41) is 0. The van der Waals surface area contributed by atoms with Gasteiger partial charge in [-0.3, -0.25) is 0 Å². The Morgan fingerprint density at radius 1 is 1.40 bits per heavy atom. The van der Waals surface area contributed by atoms with Crippen LogP contribution in [0.1, 0.15) is 53.4 Å². The fraction of sp³-hybridized carbons (Fsp3) is 0.929. The van der Waals surface area contributed by atoms with Gasteiger partial charge in [0.05, 0.1) is 0 Å². The SMILES string of the molecule is CC(C=O)CC1(C)CCC2CC1C2(C)C. The van der Waals surface area contributed by atoms with Crippen molar-refractivity contribution >= 4 is 6.29 Å². The maximum absolute atomic E-state index is 10.8. The van der Waals surface area contributed by atoms with E-state index in [1.54, 1.807) is 0 Å². The van der Waals surface area contributed by atoms with E-state index in [0.29, 0.717) is 10.8 Å². The molecule has 1 heteroatoms. The van der Waals surface area contributed by atoms with E-state index in [1.165, 1.54) is 19.3 Å². The van der Waals surface area contributed by atoms with E-state index < -0.39 is 0 Å². The lowest BCUT2D eigenvalue weighted by Gasteiger charge is -2.65. The lowest BCUT2D eigenvalue weighted by molar-refractivity contribution is -0.157. The summed E-state index contributed by atoms with van der Waals surface area (Å²) in [6.45, 7) is 9.33. The molecular weight excluding hydrogens is 184 g/mol. The van der Waals surface area contributed by atoms with Crippen LogP contribution in [0.4, 0.5) is 0 Å². The average Bonchev–Trinajstić information content (AvgIpc) is 2.16. The number of hydrogen-bond donors (Lipinski definition) is 0. The minimum Gasteiger partial charge on any atom is -0.303 e. The van der Waals surface area contributed by atoms with Crippen LogP contribution in [0, 0.1) is 28.6 Å². The molecule has 15 heavy (non-hydrogen) atoms. The van der Waals surface area contributed by atoms with Crippen LogP contribution in [-0.2, 0) is 4.79 Å². The number of fused-ring (bicyclic) bond motifs is 2. The van der Waals surface area contributed by atoms with Crippen molar-refractivity contribution in [3.8, 4) is 0 Å². The van der Waals surface area contributed by atoms with Crippen LogP contribution in [0.3, 0.4) is 0 Å². The average molecular weight is 208 g/mol. The highest BCUT2D eigenvalue weighted by Crippen LogP contribution is 2.67.